The van der Waals surface area contributed by atoms with Gasteiger partial charge in [0.2, 0.25) is 0 Å². The average Bonchev–Trinajstić information content (AvgIpc) is 2.63. The molecular formula is C19H19ClN2O3. The van der Waals surface area contributed by atoms with Crippen LogP contribution in [0.5, 0.6) is 0 Å². The molecule has 2 N–H and O–H groups in total. The fraction of sp³-hybridized carbons (Fsp3) is 0.263. The largest absolute Gasteiger partial charge is 0.465 e. The quantitative estimate of drug-likeness (QED) is 0.880. The molecule has 130 valence electrons. The van der Waals surface area contributed by atoms with Crippen LogP contribution in [0.25, 0.3) is 0 Å². The molecule has 0 aliphatic carbocycles. The number of carboxylic acid groups (broad SMARTS) is 1. The Morgan fingerprint density at radius 1 is 1.08 bits per heavy atom. The molecule has 0 radical (unpaired) electrons. The molecule has 0 bridgehead atoms. The van der Waals surface area contributed by atoms with Crippen molar-refractivity contribution in [1.29, 1.82) is 0 Å². The number of rotatable bonds is 3. The molecule has 25 heavy (non-hydrogen) atoms. The molecule has 5 nitrogen and oxygen atoms in total. The first-order chi connectivity index (χ1) is 12.0. The molecule has 2 amide bonds. The number of halogens is 1. The summed E-state index contributed by atoms with van der Waals surface area (Å²) in [5.74, 6) is -0.256. The summed E-state index contributed by atoms with van der Waals surface area (Å²) >= 11 is 5.86. The number of hydrogen-bond donors (Lipinski definition) is 2. The summed E-state index contributed by atoms with van der Waals surface area (Å²) in [5, 5.41) is 12.9. The van der Waals surface area contributed by atoms with Crippen molar-refractivity contribution in [3.05, 3.63) is 70.7 Å². The van der Waals surface area contributed by atoms with Crippen LogP contribution in [0.4, 0.5) is 4.79 Å². The van der Waals surface area contributed by atoms with E-state index in [2.05, 4.69) is 5.32 Å². The van der Waals surface area contributed by atoms with Crippen LogP contribution in [0, 0.1) is 0 Å². The minimum Gasteiger partial charge on any atom is -0.465 e. The lowest BCUT2D eigenvalue weighted by Crippen LogP contribution is -2.51. The van der Waals surface area contributed by atoms with Gasteiger partial charge in [0, 0.05) is 35.6 Å². The summed E-state index contributed by atoms with van der Waals surface area (Å²) in [6.45, 7) is 0.773. The predicted octanol–water partition coefficient (Wildman–Crippen LogP) is 3.61. The number of amides is 2. The molecule has 1 saturated heterocycles. The van der Waals surface area contributed by atoms with Crippen molar-refractivity contribution in [3.8, 4) is 0 Å². The van der Waals surface area contributed by atoms with Crippen LogP contribution in [-0.2, 0) is 0 Å². The van der Waals surface area contributed by atoms with Crippen LogP contribution in [0.3, 0.4) is 0 Å². The first-order valence-electron chi connectivity index (χ1n) is 8.14. The number of benzene rings is 2. The third kappa shape index (κ3) is 4.12. The molecule has 3 rings (SSSR count). The van der Waals surface area contributed by atoms with E-state index in [1.807, 2.05) is 30.3 Å². The summed E-state index contributed by atoms with van der Waals surface area (Å²) in [6.07, 6.45) is -0.353. The van der Waals surface area contributed by atoms with Gasteiger partial charge in [-0.3, -0.25) is 4.79 Å². The van der Waals surface area contributed by atoms with Gasteiger partial charge in [-0.15, -0.1) is 0 Å². The Balaban J connectivity index is 1.79. The van der Waals surface area contributed by atoms with Crippen LogP contribution in [-0.4, -0.2) is 41.1 Å². The van der Waals surface area contributed by atoms with Gasteiger partial charge in [0.25, 0.3) is 5.91 Å². The van der Waals surface area contributed by atoms with Crippen molar-refractivity contribution < 1.29 is 14.7 Å². The van der Waals surface area contributed by atoms with Gasteiger partial charge in [0.15, 0.2) is 0 Å². The van der Waals surface area contributed by atoms with Crippen molar-refractivity contribution in [2.75, 3.05) is 13.1 Å². The van der Waals surface area contributed by atoms with Crippen LogP contribution in [0.1, 0.15) is 28.3 Å². The number of hydrogen-bond acceptors (Lipinski definition) is 2. The Morgan fingerprint density at radius 2 is 1.76 bits per heavy atom. The molecule has 2 atom stereocenters. The van der Waals surface area contributed by atoms with Gasteiger partial charge in [-0.25, -0.2) is 4.79 Å². The highest BCUT2D eigenvalue weighted by molar-refractivity contribution is 6.30. The minimum absolute atomic E-state index is 0.0812. The highest BCUT2D eigenvalue weighted by atomic mass is 35.5. The molecule has 2 aromatic carbocycles. The molecule has 0 unspecified atom stereocenters. The Labute approximate surface area is 151 Å². The summed E-state index contributed by atoms with van der Waals surface area (Å²) in [7, 11) is 0. The zero-order chi connectivity index (χ0) is 17.8. The van der Waals surface area contributed by atoms with Crippen LogP contribution < -0.4 is 5.32 Å². The van der Waals surface area contributed by atoms with E-state index in [1.54, 1.807) is 24.3 Å². The molecule has 1 aliphatic heterocycles. The summed E-state index contributed by atoms with van der Waals surface area (Å²) < 4.78 is 0. The average molecular weight is 359 g/mol. The van der Waals surface area contributed by atoms with E-state index in [9.17, 15) is 14.7 Å². The van der Waals surface area contributed by atoms with E-state index in [1.165, 1.54) is 4.90 Å². The fourth-order valence-electron chi connectivity index (χ4n) is 3.19. The highest BCUT2D eigenvalue weighted by Gasteiger charge is 2.33. The summed E-state index contributed by atoms with van der Waals surface area (Å²) in [4.78, 5) is 25.3. The van der Waals surface area contributed by atoms with Gasteiger partial charge in [-0.1, -0.05) is 41.9 Å². The first-order valence-corrected chi connectivity index (χ1v) is 8.51. The zero-order valence-corrected chi connectivity index (χ0v) is 14.3. The van der Waals surface area contributed by atoms with Crippen molar-refractivity contribution in [2.45, 2.75) is 18.4 Å². The van der Waals surface area contributed by atoms with Crippen LogP contribution >= 0.6 is 11.6 Å². The van der Waals surface area contributed by atoms with E-state index in [0.717, 1.165) is 5.56 Å². The molecule has 0 saturated carbocycles. The number of piperidine rings is 1. The lowest BCUT2D eigenvalue weighted by Gasteiger charge is -2.38. The van der Waals surface area contributed by atoms with Crippen molar-refractivity contribution in [1.82, 2.24) is 10.2 Å². The summed E-state index contributed by atoms with van der Waals surface area (Å²) in [5.41, 5.74) is 1.56. The molecular weight excluding hydrogens is 340 g/mol. The fourth-order valence-corrected chi connectivity index (χ4v) is 3.32. The number of nitrogens with zero attached hydrogens (tertiary/aromatic N) is 1. The number of likely N-dealkylation sites (tertiary alicyclic amines) is 1. The van der Waals surface area contributed by atoms with Crippen molar-refractivity contribution in [2.24, 2.45) is 0 Å². The Kier molecular flexibility index (Phi) is 5.24. The topological polar surface area (TPSA) is 69.6 Å². The third-order valence-electron chi connectivity index (χ3n) is 4.53. The third-order valence-corrected chi connectivity index (χ3v) is 4.79. The zero-order valence-electron chi connectivity index (χ0n) is 13.6. The Bertz CT molecular complexity index is 749. The van der Waals surface area contributed by atoms with Crippen LogP contribution in [0.2, 0.25) is 5.02 Å². The Morgan fingerprint density at radius 3 is 2.40 bits per heavy atom. The molecule has 0 spiro atoms. The van der Waals surface area contributed by atoms with E-state index in [4.69, 9.17) is 11.6 Å². The maximum atomic E-state index is 12.5. The molecule has 1 heterocycles. The van der Waals surface area contributed by atoms with Gasteiger partial charge in [-0.2, -0.15) is 0 Å². The lowest BCUT2D eigenvalue weighted by atomic mass is 9.86. The Hall–Kier alpha value is -2.53. The normalized spacial score (nSPS) is 20.1. The second kappa shape index (κ2) is 7.57. The van der Waals surface area contributed by atoms with E-state index in [0.29, 0.717) is 30.1 Å². The molecule has 0 aromatic heterocycles. The molecule has 2 aromatic rings. The smallest absolute Gasteiger partial charge is 0.407 e. The molecule has 1 fully saturated rings. The SMILES string of the molecule is O=C(N[C@@H]1CCN(C(=O)O)C[C@H]1c1ccccc1)c1ccc(Cl)cc1. The van der Waals surface area contributed by atoms with Gasteiger partial charge in [-0.05, 0) is 36.2 Å². The van der Waals surface area contributed by atoms with Crippen molar-refractivity contribution in [3.63, 3.8) is 0 Å². The number of carbonyl (C=O) groups is 2. The van der Waals surface area contributed by atoms with E-state index >= 15 is 0 Å². The lowest BCUT2D eigenvalue weighted by molar-refractivity contribution is 0.0888. The second-order valence-corrected chi connectivity index (χ2v) is 6.56. The number of nitrogens with one attached hydrogen (secondary N) is 1. The maximum absolute atomic E-state index is 12.5. The van der Waals surface area contributed by atoms with Gasteiger partial charge in [0.1, 0.15) is 0 Å². The maximum Gasteiger partial charge on any atom is 0.407 e. The summed E-state index contributed by atoms with van der Waals surface area (Å²) in [6, 6.07) is 16.3. The monoisotopic (exact) mass is 358 g/mol. The highest BCUT2D eigenvalue weighted by Crippen LogP contribution is 2.28. The van der Waals surface area contributed by atoms with Gasteiger partial charge >= 0.3 is 6.09 Å². The number of carbonyl (C=O) groups excluding carboxylic acids is 1. The minimum atomic E-state index is -0.927. The second-order valence-electron chi connectivity index (χ2n) is 6.12. The van der Waals surface area contributed by atoms with E-state index in [-0.39, 0.29) is 17.9 Å². The first kappa shape index (κ1) is 17.3. The molecule has 1 aliphatic rings. The van der Waals surface area contributed by atoms with Crippen molar-refractivity contribution >= 4 is 23.6 Å². The standard InChI is InChI=1S/C19H19ClN2O3/c20-15-8-6-14(7-9-15)18(23)21-17-10-11-22(19(24)25)12-16(17)13-4-2-1-3-5-13/h1-9,16-17H,10-12H2,(H,21,23)(H,24,25)/t16-,17+/m0/s1. The predicted molar refractivity (Wildman–Crippen MR) is 96.1 cm³/mol. The van der Waals surface area contributed by atoms with Gasteiger partial charge < -0.3 is 15.3 Å². The molecule has 6 heteroatoms. The van der Waals surface area contributed by atoms with E-state index < -0.39 is 6.09 Å². The van der Waals surface area contributed by atoms with Crippen LogP contribution in [0.15, 0.2) is 54.6 Å². The van der Waals surface area contributed by atoms with Gasteiger partial charge in [0.05, 0.1) is 0 Å².